The van der Waals surface area contributed by atoms with E-state index < -0.39 is 0 Å². The summed E-state index contributed by atoms with van der Waals surface area (Å²) in [6.07, 6.45) is 28.1. The van der Waals surface area contributed by atoms with Gasteiger partial charge in [-0.1, -0.05) is 90.4 Å². The Hall–Kier alpha value is -0.630. The predicted molar refractivity (Wildman–Crippen MR) is 108 cm³/mol. The van der Waals surface area contributed by atoms with Crippen molar-refractivity contribution in [2.75, 3.05) is 20.1 Å². The Morgan fingerprint density at radius 1 is 0.792 bits per heavy atom. The molecule has 0 amide bonds. The minimum Gasteiger partial charge on any atom is -0.256 e. The molecule has 0 radical (unpaired) electrons. The second-order valence-corrected chi connectivity index (χ2v) is 7.86. The molecule has 0 aliphatic carbocycles. The maximum atomic E-state index is 4.32. The molecule has 24 heavy (non-hydrogen) atoms. The summed E-state index contributed by atoms with van der Waals surface area (Å²) in [6.45, 7) is 4.41. The zero-order valence-corrected chi connectivity index (χ0v) is 16.6. The van der Waals surface area contributed by atoms with Gasteiger partial charge in [-0.15, -0.1) is 0 Å². The molecule has 1 rings (SSSR count). The summed E-state index contributed by atoms with van der Waals surface area (Å²) in [5.74, 6) is 0. The lowest BCUT2D eigenvalue weighted by Gasteiger charge is -2.18. The van der Waals surface area contributed by atoms with Crippen molar-refractivity contribution in [3.05, 3.63) is 12.3 Å². The smallest absolute Gasteiger partial charge is 0.190 e. The molecular formula is C22H43N2+. The molecule has 0 saturated heterocycles. The lowest BCUT2D eigenvalue weighted by atomic mass is 10.0. The number of hydrogen-bond acceptors (Lipinski definition) is 1. The average molecular weight is 336 g/mol. The maximum Gasteiger partial charge on any atom is 0.190 e. The Labute approximate surface area is 152 Å². The van der Waals surface area contributed by atoms with Crippen LogP contribution in [0.15, 0.2) is 17.3 Å². The van der Waals surface area contributed by atoms with E-state index in [2.05, 4.69) is 37.6 Å². The standard InChI is InChI=1S/C22H43N2/c1-3-4-5-6-7-8-9-10-11-12-13-14-15-16-17-18-20-24(2)21-19-23-22-24/h18,20,22H,3-17,19,21H2,1-2H3/q+1. The van der Waals surface area contributed by atoms with E-state index in [1.165, 1.54) is 96.3 Å². The van der Waals surface area contributed by atoms with Crippen LogP contribution in [-0.4, -0.2) is 31.0 Å². The van der Waals surface area contributed by atoms with Gasteiger partial charge in [0.25, 0.3) is 0 Å². The van der Waals surface area contributed by atoms with E-state index in [-0.39, 0.29) is 0 Å². The Morgan fingerprint density at radius 2 is 1.29 bits per heavy atom. The van der Waals surface area contributed by atoms with Gasteiger partial charge in [0.2, 0.25) is 0 Å². The number of quaternary nitrogens is 1. The van der Waals surface area contributed by atoms with Gasteiger partial charge in [-0.05, 0) is 18.9 Å². The number of allylic oxidation sites excluding steroid dienone is 1. The van der Waals surface area contributed by atoms with Crippen molar-refractivity contribution in [3.8, 4) is 0 Å². The summed E-state index contributed by atoms with van der Waals surface area (Å²) >= 11 is 0. The van der Waals surface area contributed by atoms with Crippen LogP contribution in [0.1, 0.15) is 103 Å². The molecule has 1 atom stereocenters. The number of rotatable bonds is 16. The van der Waals surface area contributed by atoms with Gasteiger partial charge in [0.15, 0.2) is 6.34 Å². The van der Waals surface area contributed by atoms with Gasteiger partial charge in [-0.25, -0.2) is 4.99 Å². The third-order valence-electron chi connectivity index (χ3n) is 5.23. The van der Waals surface area contributed by atoms with Gasteiger partial charge in [0, 0.05) is 0 Å². The van der Waals surface area contributed by atoms with E-state index in [0.717, 1.165) is 17.6 Å². The lowest BCUT2D eigenvalue weighted by Crippen LogP contribution is -2.34. The third kappa shape index (κ3) is 11.8. The molecular weight excluding hydrogens is 292 g/mol. The fourth-order valence-electron chi connectivity index (χ4n) is 3.46. The average Bonchev–Trinajstić information content (AvgIpc) is 3.01. The van der Waals surface area contributed by atoms with Gasteiger partial charge < -0.3 is 0 Å². The molecule has 0 saturated carbocycles. The maximum absolute atomic E-state index is 4.32. The minimum atomic E-state index is 0.901. The third-order valence-corrected chi connectivity index (χ3v) is 5.23. The van der Waals surface area contributed by atoms with Crippen LogP contribution in [0.25, 0.3) is 0 Å². The molecule has 0 aromatic carbocycles. The van der Waals surface area contributed by atoms with Crippen molar-refractivity contribution in [1.29, 1.82) is 0 Å². The Morgan fingerprint density at radius 3 is 1.75 bits per heavy atom. The SMILES string of the molecule is CCCCCCCCCCCCCCCCC=C[N+]1(C)C=NCC1. The molecule has 0 N–H and O–H groups in total. The fraction of sp³-hybridized carbons (Fsp3) is 0.864. The van der Waals surface area contributed by atoms with E-state index in [9.17, 15) is 0 Å². The highest BCUT2D eigenvalue weighted by Gasteiger charge is 2.19. The minimum absolute atomic E-state index is 0.901. The Kier molecular flexibility index (Phi) is 13.1. The predicted octanol–water partition coefficient (Wildman–Crippen LogP) is 6.86. The molecule has 1 unspecified atom stereocenters. The molecule has 140 valence electrons. The van der Waals surface area contributed by atoms with Gasteiger partial charge in [-0.3, -0.25) is 4.48 Å². The van der Waals surface area contributed by atoms with Crippen LogP contribution in [0.2, 0.25) is 0 Å². The van der Waals surface area contributed by atoms with E-state index in [0.29, 0.717) is 0 Å². The number of nitrogens with zero attached hydrogens (tertiary/aromatic N) is 2. The molecule has 1 aliphatic heterocycles. The van der Waals surface area contributed by atoms with Crippen molar-refractivity contribution in [2.24, 2.45) is 4.99 Å². The van der Waals surface area contributed by atoms with Crippen LogP contribution < -0.4 is 0 Å². The summed E-state index contributed by atoms with van der Waals surface area (Å²) in [6, 6.07) is 0. The van der Waals surface area contributed by atoms with Gasteiger partial charge in [-0.2, -0.15) is 0 Å². The van der Waals surface area contributed by atoms with Crippen molar-refractivity contribution in [3.63, 3.8) is 0 Å². The van der Waals surface area contributed by atoms with Crippen LogP contribution in [0.5, 0.6) is 0 Å². The zero-order chi connectivity index (χ0) is 17.3. The van der Waals surface area contributed by atoms with E-state index >= 15 is 0 Å². The first-order valence-electron chi connectivity index (χ1n) is 10.8. The molecule has 0 aromatic heterocycles. The van der Waals surface area contributed by atoms with Gasteiger partial charge in [0.1, 0.15) is 6.54 Å². The van der Waals surface area contributed by atoms with E-state index in [1.54, 1.807) is 0 Å². The molecule has 2 heteroatoms. The lowest BCUT2D eigenvalue weighted by molar-refractivity contribution is -0.751. The summed E-state index contributed by atoms with van der Waals surface area (Å²) in [5, 5.41) is 0. The first kappa shape index (κ1) is 21.4. The number of aliphatic imine (C=N–C) groups is 1. The summed E-state index contributed by atoms with van der Waals surface area (Å²) < 4.78 is 0.901. The second kappa shape index (κ2) is 14.7. The van der Waals surface area contributed by atoms with Crippen molar-refractivity contribution in [2.45, 2.75) is 103 Å². The van der Waals surface area contributed by atoms with Crippen molar-refractivity contribution < 1.29 is 4.48 Å². The highest BCUT2D eigenvalue weighted by Crippen LogP contribution is 2.14. The van der Waals surface area contributed by atoms with Crippen LogP contribution in [-0.2, 0) is 0 Å². The van der Waals surface area contributed by atoms with Gasteiger partial charge in [0.05, 0.1) is 19.8 Å². The largest absolute Gasteiger partial charge is 0.256 e. The first-order chi connectivity index (χ1) is 11.8. The normalized spacial score (nSPS) is 20.4. The molecule has 0 fully saturated rings. The summed E-state index contributed by atoms with van der Waals surface area (Å²) in [7, 11) is 2.23. The molecule has 0 spiro atoms. The summed E-state index contributed by atoms with van der Waals surface area (Å²) in [4.78, 5) is 4.32. The second-order valence-electron chi connectivity index (χ2n) is 7.86. The quantitative estimate of drug-likeness (QED) is 0.216. The fourth-order valence-corrected chi connectivity index (χ4v) is 3.46. The highest BCUT2D eigenvalue weighted by atomic mass is 15.4. The van der Waals surface area contributed by atoms with Crippen molar-refractivity contribution in [1.82, 2.24) is 0 Å². The van der Waals surface area contributed by atoms with Crippen LogP contribution in [0.4, 0.5) is 0 Å². The molecule has 0 bridgehead atoms. The Balaban J connectivity index is 1.75. The molecule has 2 nitrogen and oxygen atoms in total. The molecule has 0 aromatic rings. The van der Waals surface area contributed by atoms with E-state index in [4.69, 9.17) is 0 Å². The number of unbranched alkanes of at least 4 members (excludes halogenated alkanes) is 14. The topological polar surface area (TPSA) is 12.4 Å². The monoisotopic (exact) mass is 335 g/mol. The van der Waals surface area contributed by atoms with Crippen LogP contribution in [0, 0.1) is 0 Å². The van der Waals surface area contributed by atoms with Crippen LogP contribution >= 0.6 is 0 Å². The molecule has 1 heterocycles. The number of hydrogen-bond donors (Lipinski definition) is 0. The molecule has 1 aliphatic rings. The number of likely N-dealkylation sites (N-methyl/N-ethyl adjacent to an activating group) is 1. The Bertz CT molecular complexity index is 335. The van der Waals surface area contributed by atoms with Crippen LogP contribution in [0.3, 0.4) is 0 Å². The first-order valence-corrected chi connectivity index (χ1v) is 10.8. The summed E-state index contributed by atoms with van der Waals surface area (Å²) in [5.41, 5.74) is 0. The van der Waals surface area contributed by atoms with E-state index in [1.807, 2.05) is 0 Å². The highest BCUT2D eigenvalue weighted by molar-refractivity contribution is 5.48. The van der Waals surface area contributed by atoms with Gasteiger partial charge >= 0.3 is 0 Å². The van der Waals surface area contributed by atoms with Crippen molar-refractivity contribution >= 4 is 6.34 Å². The zero-order valence-electron chi connectivity index (χ0n) is 16.6.